The van der Waals surface area contributed by atoms with Crippen LogP contribution in [0.15, 0.2) is 497 Å². The van der Waals surface area contributed by atoms with Crippen molar-refractivity contribution in [1.82, 2.24) is 28.7 Å². The standard InChI is InChI=1S/C48H34N4.2C42H27NS/c1-48(2)41-22-11-9-20-37(41)39-29-34(24-26-42(39)48)35-25-27-44-40(30-35)38-21-10-12-23-43(38)52(44)47-50-45(32-16-7-4-8-17-32)49-46(51-47)36-19-13-18-33(28-36)31-14-5-3-6-15-31;1-3-11-28(12-4-1)32-23-33(29-13-5-2-6-14-29)25-34(24-32)43-39-17-9-7-15-35(39)37-26-30(19-21-40(37)43)31-20-22-42-38(27-31)36-16-8-10-18-41(36)44-42;1-2-8-28(9-3-1)29-14-16-30(17-15-29)31-18-22-34(23-19-31)43-39-12-6-4-10-35(39)37-26-32(20-24-40(37)43)33-21-25-42-38(27-33)36-11-5-7-13-41(36)44-42/h3-30H,1-2H3;2*1-27H. The molecule has 1 aliphatic carbocycles. The first-order chi connectivity index (χ1) is 69.1. The molecule has 0 N–H and O–H groups in total. The van der Waals surface area contributed by atoms with Crippen molar-refractivity contribution >= 4 is 128 Å². The van der Waals surface area contributed by atoms with Gasteiger partial charge in [-0.15, -0.1) is 22.7 Å². The Morgan fingerprint density at radius 3 is 0.964 bits per heavy atom. The molecular weight excluding hydrogens is 1730 g/mol. The minimum Gasteiger partial charge on any atom is -0.309 e. The van der Waals surface area contributed by atoms with Gasteiger partial charge in [0.05, 0.1) is 33.1 Å². The van der Waals surface area contributed by atoms with Crippen LogP contribution >= 0.6 is 22.7 Å². The number of para-hydroxylation sites is 3. The number of benzene rings is 21. The van der Waals surface area contributed by atoms with Crippen molar-refractivity contribution < 1.29 is 0 Å². The van der Waals surface area contributed by atoms with Crippen LogP contribution in [0.2, 0.25) is 0 Å². The van der Waals surface area contributed by atoms with Crippen molar-refractivity contribution in [2.24, 2.45) is 0 Å². The van der Waals surface area contributed by atoms with Gasteiger partial charge in [-0.2, -0.15) is 9.97 Å². The second kappa shape index (κ2) is 34.7. The van der Waals surface area contributed by atoms with E-state index in [1.807, 2.05) is 46.9 Å². The Balaban J connectivity index is 0.000000109. The number of rotatable bonds is 13. The molecule has 0 spiro atoms. The summed E-state index contributed by atoms with van der Waals surface area (Å²) in [6.45, 7) is 4.65. The van der Waals surface area contributed by atoms with Crippen molar-refractivity contribution in [3.8, 4) is 140 Å². The zero-order valence-electron chi connectivity index (χ0n) is 76.8. The molecule has 0 radical (unpaired) electrons. The van der Waals surface area contributed by atoms with Crippen LogP contribution in [0, 0.1) is 0 Å². The van der Waals surface area contributed by atoms with Gasteiger partial charge in [0.2, 0.25) is 5.95 Å². The van der Waals surface area contributed by atoms with Crippen LogP contribution in [0.1, 0.15) is 25.0 Å². The van der Waals surface area contributed by atoms with E-state index >= 15 is 0 Å². The molecular formula is C132H88N6S2. The number of hydrogen-bond donors (Lipinski definition) is 0. The number of aromatic nitrogens is 6. The summed E-state index contributed by atoms with van der Waals surface area (Å²) in [6, 6.07) is 180. The Morgan fingerprint density at radius 1 is 0.171 bits per heavy atom. The Bertz CT molecular complexity index is 9440. The monoisotopic (exact) mass is 1820 g/mol. The van der Waals surface area contributed by atoms with Gasteiger partial charge >= 0.3 is 0 Å². The summed E-state index contributed by atoms with van der Waals surface area (Å²) in [5, 5.41) is 12.7. The predicted molar refractivity (Wildman–Crippen MR) is 593 cm³/mol. The molecule has 8 heteroatoms. The zero-order chi connectivity index (χ0) is 92.9. The number of hydrogen-bond acceptors (Lipinski definition) is 5. The molecule has 0 saturated carbocycles. The Kier molecular flexibility index (Phi) is 20.6. The maximum atomic E-state index is 5.20. The fourth-order valence-corrected chi connectivity index (χ4v) is 23.5. The van der Waals surface area contributed by atoms with Gasteiger partial charge in [0.15, 0.2) is 11.6 Å². The van der Waals surface area contributed by atoms with E-state index < -0.39 is 0 Å². The molecule has 0 amide bonds. The van der Waals surface area contributed by atoms with Gasteiger partial charge in [0, 0.05) is 101 Å². The summed E-state index contributed by atoms with van der Waals surface area (Å²) in [7, 11) is 0. The molecule has 0 bridgehead atoms. The fraction of sp³-hybridized carbons (Fsp3) is 0.0227. The second-order valence-electron chi connectivity index (χ2n) is 36.9. The maximum absolute atomic E-state index is 5.20. The summed E-state index contributed by atoms with van der Waals surface area (Å²) in [5.41, 5.74) is 35.9. The molecule has 140 heavy (non-hydrogen) atoms. The van der Waals surface area contributed by atoms with E-state index in [1.165, 1.54) is 190 Å². The minimum absolute atomic E-state index is 0.0211. The first-order valence-electron chi connectivity index (χ1n) is 47.8. The summed E-state index contributed by atoms with van der Waals surface area (Å²) in [5.74, 6) is 1.85. The molecule has 0 unspecified atom stereocenters. The molecule has 27 aromatic rings. The van der Waals surface area contributed by atoms with Gasteiger partial charge in [-0.3, -0.25) is 4.57 Å². The van der Waals surface area contributed by atoms with Gasteiger partial charge in [0.1, 0.15) is 0 Å². The molecule has 0 fully saturated rings. The van der Waals surface area contributed by atoms with Crippen LogP contribution in [0.25, 0.3) is 246 Å². The van der Waals surface area contributed by atoms with Gasteiger partial charge in [-0.05, 0) is 245 Å². The fourth-order valence-electron chi connectivity index (χ4n) is 21.3. The lowest BCUT2D eigenvalue weighted by atomic mass is 9.82. The quantitative estimate of drug-likeness (QED) is 0.116. The van der Waals surface area contributed by atoms with Crippen molar-refractivity contribution in [3.05, 3.63) is 509 Å². The van der Waals surface area contributed by atoms with E-state index in [1.54, 1.807) is 0 Å². The van der Waals surface area contributed by atoms with Crippen LogP contribution in [0.3, 0.4) is 0 Å². The molecule has 0 aliphatic heterocycles. The molecule has 6 heterocycles. The predicted octanol–water partition coefficient (Wildman–Crippen LogP) is 36.2. The summed E-state index contributed by atoms with van der Waals surface area (Å²) >= 11 is 3.73. The summed E-state index contributed by atoms with van der Waals surface area (Å²) < 4.78 is 12.4. The van der Waals surface area contributed by atoms with Crippen molar-refractivity contribution in [2.75, 3.05) is 0 Å². The molecule has 21 aromatic carbocycles. The van der Waals surface area contributed by atoms with Crippen molar-refractivity contribution in [2.45, 2.75) is 19.3 Å². The number of thiophene rings is 2. The number of fused-ring (bicyclic) bond motifs is 18. The first kappa shape index (κ1) is 83.1. The highest BCUT2D eigenvalue weighted by Crippen LogP contribution is 2.51. The lowest BCUT2D eigenvalue weighted by molar-refractivity contribution is 0.660. The highest BCUT2D eigenvalue weighted by atomic mass is 32.1. The smallest absolute Gasteiger partial charge is 0.238 e. The Labute approximate surface area is 818 Å². The Morgan fingerprint density at radius 2 is 0.471 bits per heavy atom. The van der Waals surface area contributed by atoms with Crippen molar-refractivity contribution in [3.63, 3.8) is 0 Å². The highest BCUT2D eigenvalue weighted by Gasteiger charge is 2.36. The lowest BCUT2D eigenvalue weighted by Crippen LogP contribution is -2.14. The molecule has 6 nitrogen and oxygen atoms in total. The molecule has 658 valence electrons. The Hall–Kier alpha value is -17.5. The van der Waals surface area contributed by atoms with E-state index in [2.05, 4.69) is 501 Å². The molecule has 0 atom stereocenters. The van der Waals surface area contributed by atoms with E-state index in [9.17, 15) is 0 Å². The van der Waals surface area contributed by atoms with E-state index in [0.29, 0.717) is 17.6 Å². The van der Waals surface area contributed by atoms with E-state index in [4.69, 9.17) is 15.0 Å². The largest absolute Gasteiger partial charge is 0.309 e. The average Bonchev–Trinajstić information content (AvgIpc) is 1.54. The average molecular weight is 1820 g/mol. The van der Waals surface area contributed by atoms with Gasteiger partial charge < -0.3 is 9.13 Å². The summed E-state index contributed by atoms with van der Waals surface area (Å²) in [4.78, 5) is 15.4. The van der Waals surface area contributed by atoms with Crippen molar-refractivity contribution in [1.29, 1.82) is 0 Å². The molecule has 6 aromatic heterocycles. The van der Waals surface area contributed by atoms with Crippen LogP contribution in [-0.4, -0.2) is 28.7 Å². The zero-order valence-corrected chi connectivity index (χ0v) is 78.5. The van der Waals surface area contributed by atoms with Gasteiger partial charge in [-0.1, -0.05) is 378 Å². The normalized spacial score (nSPS) is 12.1. The molecule has 0 saturated heterocycles. The van der Waals surface area contributed by atoms with Crippen LogP contribution in [0.5, 0.6) is 0 Å². The third kappa shape index (κ3) is 14.8. The van der Waals surface area contributed by atoms with E-state index in [0.717, 1.165) is 49.7 Å². The lowest BCUT2D eigenvalue weighted by Gasteiger charge is -2.21. The van der Waals surface area contributed by atoms with Crippen LogP contribution < -0.4 is 0 Å². The maximum Gasteiger partial charge on any atom is 0.238 e. The third-order valence-corrected chi connectivity index (χ3v) is 30.6. The van der Waals surface area contributed by atoms with Gasteiger partial charge in [-0.25, -0.2) is 4.98 Å². The molecule has 28 rings (SSSR count). The highest BCUT2D eigenvalue weighted by molar-refractivity contribution is 7.26. The summed E-state index contributed by atoms with van der Waals surface area (Å²) in [6.07, 6.45) is 0. The number of nitrogens with zero attached hydrogens (tertiary/aromatic N) is 6. The topological polar surface area (TPSA) is 53.5 Å². The van der Waals surface area contributed by atoms with E-state index in [-0.39, 0.29) is 5.41 Å². The minimum atomic E-state index is -0.0211. The SMILES string of the molecule is CC1(C)c2ccccc2-c2cc(-c3ccc4c(c3)c3ccccc3n4-c3nc(-c4ccccc4)nc(-c4cccc(-c5ccccc5)c4)n3)ccc21.c1ccc(-c2cc(-c3ccccc3)cc(-n3c4ccccc4c4cc(-c5ccc6sc7ccccc7c6c5)ccc43)c2)cc1.c1ccc(-c2ccc(-c3ccc(-n4c5ccccc5c5cc(-c6ccc7sc8ccccc8c7c6)ccc54)cc3)cc2)cc1. The third-order valence-electron chi connectivity index (χ3n) is 28.3. The van der Waals surface area contributed by atoms with Gasteiger partial charge in [0.25, 0.3) is 0 Å². The second-order valence-corrected chi connectivity index (χ2v) is 39.1. The van der Waals surface area contributed by atoms with Crippen LogP contribution in [-0.2, 0) is 5.41 Å². The van der Waals surface area contributed by atoms with Crippen LogP contribution in [0.4, 0.5) is 0 Å². The molecule has 1 aliphatic rings. The first-order valence-corrected chi connectivity index (χ1v) is 49.4.